The van der Waals surface area contributed by atoms with Gasteiger partial charge in [0.15, 0.2) is 0 Å². The summed E-state index contributed by atoms with van der Waals surface area (Å²) < 4.78 is 1.80. The van der Waals surface area contributed by atoms with Gasteiger partial charge in [0.1, 0.15) is 10.7 Å². The molecule has 23 heavy (non-hydrogen) atoms. The summed E-state index contributed by atoms with van der Waals surface area (Å²) in [6, 6.07) is 9.02. The average Bonchev–Trinajstić information content (AvgIpc) is 2.98. The highest BCUT2D eigenvalue weighted by atomic mass is 35.5. The van der Waals surface area contributed by atoms with E-state index in [1.807, 2.05) is 19.1 Å². The Morgan fingerprint density at radius 2 is 2.13 bits per heavy atom. The van der Waals surface area contributed by atoms with E-state index in [9.17, 15) is 4.79 Å². The van der Waals surface area contributed by atoms with Crippen LogP contribution in [0.2, 0.25) is 5.15 Å². The van der Waals surface area contributed by atoms with Crippen LogP contribution in [-0.2, 0) is 13.1 Å². The molecule has 0 saturated heterocycles. The fourth-order valence-corrected chi connectivity index (χ4v) is 2.52. The summed E-state index contributed by atoms with van der Waals surface area (Å²) in [7, 11) is 1.75. The van der Waals surface area contributed by atoms with E-state index in [-0.39, 0.29) is 5.91 Å². The van der Waals surface area contributed by atoms with Crippen LogP contribution in [0.15, 0.2) is 36.5 Å². The van der Waals surface area contributed by atoms with Gasteiger partial charge < -0.3 is 4.90 Å². The van der Waals surface area contributed by atoms with E-state index in [4.69, 9.17) is 11.6 Å². The lowest BCUT2D eigenvalue weighted by molar-refractivity contribution is 0.0785. The van der Waals surface area contributed by atoms with E-state index in [0.717, 1.165) is 23.1 Å². The van der Waals surface area contributed by atoms with Crippen LogP contribution in [0.3, 0.4) is 0 Å². The fraction of sp³-hybridized carbons (Fsp3) is 0.250. The molecule has 7 heteroatoms. The van der Waals surface area contributed by atoms with Crippen LogP contribution in [0.25, 0.3) is 11.0 Å². The van der Waals surface area contributed by atoms with Crippen LogP contribution < -0.4 is 0 Å². The second-order valence-electron chi connectivity index (χ2n) is 5.26. The normalized spacial score (nSPS) is 10.9. The van der Waals surface area contributed by atoms with E-state index >= 15 is 0 Å². The van der Waals surface area contributed by atoms with Crippen molar-refractivity contribution in [2.24, 2.45) is 0 Å². The maximum absolute atomic E-state index is 12.6. The van der Waals surface area contributed by atoms with Crippen LogP contribution >= 0.6 is 11.6 Å². The summed E-state index contributed by atoms with van der Waals surface area (Å²) in [6.07, 6.45) is 1.67. The first-order valence-electron chi connectivity index (χ1n) is 7.27. The van der Waals surface area contributed by atoms with Gasteiger partial charge in [0.05, 0.1) is 5.52 Å². The topological polar surface area (TPSA) is 63.9 Å². The van der Waals surface area contributed by atoms with Crippen LogP contribution in [0, 0.1) is 0 Å². The van der Waals surface area contributed by atoms with Crippen molar-refractivity contribution >= 4 is 28.5 Å². The van der Waals surface area contributed by atoms with E-state index in [0.29, 0.717) is 17.3 Å². The molecule has 0 N–H and O–H groups in total. The fourth-order valence-electron chi connectivity index (χ4n) is 2.40. The zero-order chi connectivity index (χ0) is 16.4. The number of nitrogens with zero attached hydrogens (tertiary/aromatic N) is 5. The minimum absolute atomic E-state index is 0.0760. The lowest BCUT2D eigenvalue weighted by Gasteiger charge is -2.17. The first kappa shape index (κ1) is 15.4. The third-order valence-corrected chi connectivity index (χ3v) is 3.84. The molecule has 0 aliphatic rings. The molecule has 0 atom stereocenters. The van der Waals surface area contributed by atoms with Gasteiger partial charge in [-0.25, -0.2) is 9.67 Å². The van der Waals surface area contributed by atoms with Gasteiger partial charge >= 0.3 is 0 Å². The Bertz CT molecular complexity index is 843. The smallest absolute Gasteiger partial charge is 0.253 e. The average molecular weight is 330 g/mol. The van der Waals surface area contributed by atoms with Crippen molar-refractivity contribution in [2.75, 3.05) is 7.05 Å². The molecule has 2 heterocycles. The van der Waals surface area contributed by atoms with Gasteiger partial charge in [-0.3, -0.25) is 4.79 Å². The molecule has 0 radical (unpaired) electrons. The molecule has 2 aromatic heterocycles. The number of fused-ring (bicyclic) bond motifs is 1. The third kappa shape index (κ3) is 3.17. The summed E-state index contributed by atoms with van der Waals surface area (Å²) in [6.45, 7) is 3.21. The largest absolute Gasteiger partial charge is 0.337 e. The molecule has 0 bridgehead atoms. The Balaban J connectivity index is 1.80. The number of rotatable bonds is 4. The molecule has 3 aromatic rings. The van der Waals surface area contributed by atoms with Crippen molar-refractivity contribution in [3.8, 4) is 0 Å². The number of amides is 1. The van der Waals surface area contributed by atoms with Gasteiger partial charge in [0, 0.05) is 31.9 Å². The van der Waals surface area contributed by atoms with Crippen molar-refractivity contribution < 1.29 is 4.79 Å². The lowest BCUT2D eigenvalue weighted by atomic mass is 10.1. The molecular formula is C16H16ClN5O. The van der Waals surface area contributed by atoms with Crippen LogP contribution in [0.4, 0.5) is 0 Å². The SMILES string of the molecule is CCn1nnc2cc(C(=O)N(C)Cc3ccc(Cl)nc3)ccc21. The number of hydrogen-bond acceptors (Lipinski definition) is 4. The van der Waals surface area contributed by atoms with Crippen LogP contribution in [0.1, 0.15) is 22.8 Å². The van der Waals surface area contributed by atoms with E-state index in [1.165, 1.54) is 0 Å². The molecule has 1 aromatic carbocycles. The molecule has 0 aliphatic heterocycles. The van der Waals surface area contributed by atoms with E-state index < -0.39 is 0 Å². The third-order valence-electron chi connectivity index (χ3n) is 3.62. The number of carbonyl (C=O) groups is 1. The summed E-state index contributed by atoms with van der Waals surface area (Å²) in [5, 5.41) is 8.60. The molecule has 0 saturated carbocycles. The first-order valence-corrected chi connectivity index (χ1v) is 7.65. The Kier molecular flexibility index (Phi) is 4.25. The number of pyridine rings is 1. The number of halogens is 1. The monoisotopic (exact) mass is 329 g/mol. The van der Waals surface area contributed by atoms with Gasteiger partial charge in [0.2, 0.25) is 0 Å². The van der Waals surface area contributed by atoms with Crippen LogP contribution in [0.5, 0.6) is 0 Å². The summed E-state index contributed by atoms with van der Waals surface area (Å²) in [5.74, 6) is -0.0760. The molecule has 0 aliphatic carbocycles. The summed E-state index contributed by atoms with van der Waals surface area (Å²) in [4.78, 5) is 18.2. The number of aromatic nitrogens is 4. The maximum atomic E-state index is 12.6. The highest BCUT2D eigenvalue weighted by Gasteiger charge is 2.14. The molecule has 0 unspecified atom stereocenters. The zero-order valence-corrected chi connectivity index (χ0v) is 13.7. The van der Waals surface area contributed by atoms with E-state index in [1.54, 1.807) is 41.0 Å². The highest BCUT2D eigenvalue weighted by molar-refractivity contribution is 6.29. The highest BCUT2D eigenvalue weighted by Crippen LogP contribution is 2.16. The van der Waals surface area contributed by atoms with Gasteiger partial charge in [-0.1, -0.05) is 22.9 Å². The standard InChI is InChI=1S/C16H16ClN5O/c1-3-22-14-6-5-12(8-13(14)19-20-22)16(23)21(2)10-11-4-7-15(17)18-9-11/h4-9H,3,10H2,1-2H3. The molecule has 1 amide bonds. The predicted molar refractivity (Wildman–Crippen MR) is 88.2 cm³/mol. The molecule has 0 fully saturated rings. The van der Waals surface area contributed by atoms with Gasteiger partial charge in [0.25, 0.3) is 5.91 Å². The molecular weight excluding hydrogens is 314 g/mol. The molecule has 6 nitrogen and oxygen atoms in total. The second kappa shape index (κ2) is 6.34. The number of aryl methyl sites for hydroxylation is 1. The molecule has 118 valence electrons. The van der Waals surface area contributed by atoms with Gasteiger partial charge in [-0.05, 0) is 36.8 Å². The van der Waals surface area contributed by atoms with Crippen molar-refractivity contribution in [3.05, 3.63) is 52.8 Å². The Morgan fingerprint density at radius 1 is 1.30 bits per heavy atom. The Morgan fingerprint density at radius 3 is 2.83 bits per heavy atom. The Labute approximate surface area is 138 Å². The summed E-state index contributed by atoms with van der Waals surface area (Å²) in [5.41, 5.74) is 3.15. The van der Waals surface area contributed by atoms with E-state index in [2.05, 4.69) is 15.3 Å². The minimum Gasteiger partial charge on any atom is -0.337 e. The van der Waals surface area contributed by atoms with Crippen molar-refractivity contribution in [1.29, 1.82) is 0 Å². The van der Waals surface area contributed by atoms with Crippen molar-refractivity contribution in [1.82, 2.24) is 24.9 Å². The number of benzene rings is 1. The molecule has 0 spiro atoms. The van der Waals surface area contributed by atoms with Crippen molar-refractivity contribution in [3.63, 3.8) is 0 Å². The molecule has 3 rings (SSSR count). The minimum atomic E-state index is -0.0760. The number of hydrogen-bond donors (Lipinski definition) is 0. The number of carbonyl (C=O) groups excluding carboxylic acids is 1. The van der Waals surface area contributed by atoms with Crippen molar-refractivity contribution in [2.45, 2.75) is 20.0 Å². The lowest BCUT2D eigenvalue weighted by Crippen LogP contribution is -2.26. The van der Waals surface area contributed by atoms with Gasteiger partial charge in [-0.2, -0.15) is 0 Å². The Hall–Kier alpha value is -2.47. The van der Waals surface area contributed by atoms with Gasteiger partial charge in [-0.15, -0.1) is 5.10 Å². The first-order chi connectivity index (χ1) is 11.1. The van der Waals surface area contributed by atoms with Crippen LogP contribution in [-0.4, -0.2) is 37.8 Å². The zero-order valence-electron chi connectivity index (χ0n) is 12.9. The maximum Gasteiger partial charge on any atom is 0.253 e. The quantitative estimate of drug-likeness (QED) is 0.690. The second-order valence-corrected chi connectivity index (χ2v) is 5.65. The summed E-state index contributed by atoms with van der Waals surface area (Å²) >= 11 is 5.77. The predicted octanol–water partition coefficient (Wildman–Crippen LogP) is 2.77.